The van der Waals surface area contributed by atoms with Crippen LogP contribution in [0.1, 0.15) is 24.1 Å². The van der Waals surface area contributed by atoms with E-state index in [1.54, 1.807) is 0 Å². The maximum atomic E-state index is 11.8. The summed E-state index contributed by atoms with van der Waals surface area (Å²) in [5.41, 5.74) is 1.89. The third-order valence-corrected chi connectivity index (χ3v) is 4.44. The fraction of sp³-hybridized carbons (Fsp3) is 0.350. The molecule has 2 N–H and O–H groups in total. The number of carbonyl (C=O) groups is 1. The first kappa shape index (κ1) is 17.5. The van der Waals surface area contributed by atoms with Gasteiger partial charge in [-0.2, -0.15) is 0 Å². The summed E-state index contributed by atoms with van der Waals surface area (Å²) in [7, 11) is 0. The minimum Gasteiger partial charge on any atom is -0.489 e. The highest BCUT2D eigenvalue weighted by atomic mass is 16.5. The Bertz CT molecular complexity index is 688. The minimum absolute atomic E-state index is 0.295. The Balaban J connectivity index is 1.67. The van der Waals surface area contributed by atoms with E-state index < -0.39 is 12.0 Å². The quantitative estimate of drug-likeness (QED) is 0.847. The van der Waals surface area contributed by atoms with Crippen molar-refractivity contribution >= 4 is 5.97 Å². The van der Waals surface area contributed by atoms with Gasteiger partial charge in [-0.25, -0.2) is 0 Å². The fourth-order valence-electron chi connectivity index (χ4n) is 3.19. The molecule has 1 aliphatic rings. The van der Waals surface area contributed by atoms with Crippen LogP contribution in [0.15, 0.2) is 54.6 Å². The van der Waals surface area contributed by atoms with E-state index in [0.717, 1.165) is 36.5 Å². The predicted molar refractivity (Wildman–Crippen MR) is 96.6 cm³/mol. The van der Waals surface area contributed by atoms with Gasteiger partial charge in [-0.1, -0.05) is 42.5 Å². The molecule has 2 atom stereocenters. The van der Waals surface area contributed by atoms with Gasteiger partial charge in [0.25, 0.3) is 0 Å². The second-order valence-corrected chi connectivity index (χ2v) is 6.43. The number of carboxylic acids is 1. The molecule has 0 bridgehead atoms. The molecule has 132 valence electrons. The van der Waals surface area contributed by atoms with Gasteiger partial charge in [0.1, 0.15) is 18.4 Å². The Hall–Kier alpha value is -2.37. The number of ether oxygens (including phenoxy) is 1. The van der Waals surface area contributed by atoms with Gasteiger partial charge < -0.3 is 15.2 Å². The summed E-state index contributed by atoms with van der Waals surface area (Å²) in [5, 5.41) is 13.0. The summed E-state index contributed by atoms with van der Waals surface area (Å²) < 4.78 is 5.78. The fourth-order valence-corrected chi connectivity index (χ4v) is 3.19. The molecule has 25 heavy (non-hydrogen) atoms. The summed E-state index contributed by atoms with van der Waals surface area (Å²) in [4.78, 5) is 13.8. The molecule has 2 aromatic carbocycles. The maximum Gasteiger partial charge on any atom is 0.325 e. The summed E-state index contributed by atoms with van der Waals surface area (Å²) >= 11 is 0. The Morgan fingerprint density at radius 1 is 1.24 bits per heavy atom. The molecule has 5 nitrogen and oxygen atoms in total. The van der Waals surface area contributed by atoms with Crippen molar-refractivity contribution in [1.82, 2.24) is 10.2 Å². The number of hydrogen-bond acceptors (Lipinski definition) is 4. The minimum atomic E-state index is -0.813. The number of nitrogens with one attached hydrogen (secondary N) is 1. The monoisotopic (exact) mass is 340 g/mol. The first-order chi connectivity index (χ1) is 12.1. The summed E-state index contributed by atoms with van der Waals surface area (Å²) in [6, 6.07) is 17.0. The van der Waals surface area contributed by atoms with Crippen molar-refractivity contribution in [2.24, 2.45) is 0 Å². The summed E-state index contributed by atoms with van der Waals surface area (Å²) in [6.45, 7) is 4.84. The van der Waals surface area contributed by atoms with Crippen molar-refractivity contribution in [1.29, 1.82) is 0 Å². The van der Waals surface area contributed by atoms with E-state index in [1.807, 2.05) is 59.5 Å². The summed E-state index contributed by atoms with van der Waals surface area (Å²) in [5.74, 6) is -0.0718. The van der Waals surface area contributed by atoms with Crippen molar-refractivity contribution < 1.29 is 14.6 Å². The number of nitrogens with zero attached hydrogens (tertiary/aromatic N) is 1. The van der Waals surface area contributed by atoms with Crippen LogP contribution in [0.5, 0.6) is 5.75 Å². The number of carboxylic acid groups (broad SMARTS) is 1. The Kier molecular flexibility index (Phi) is 5.68. The van der Waals surface area contributed by atoms with Crippen LogP contribution >= 0.6 is 0 Å². The topological polar surface area (TPSA) is 61.8 Å². The van der Waals surface area contributed by atoms with Crippen molar-refractivity contribution in [3.05, 3.63) is 65.7 Å². The zero-order valence-corrected chi connectivity index (χ0v) is 14.4. The number of hydrogen-bond donors (Lipinski definition) is 2. The Morgan fingerprint density at radius 2 is 1.96 bits per heavy atom. The second kappa shape index (κ2) is 8.14. The molecule has 1 aliphatic heterocycles. The molecule has 0 aromatic heterocycles. The van der Waals surface area contributed by atoms with E-state index in [-0.39, 0.29) is 0 Å². The van der Waals surface area contributed by atoms with Crippen LogP contribution in [0.25, 0.3) is 0 Å². The van der Waals surface area contributed by atoms with Crippen LogP contribution in [0.4, 0.5) is 0 Å². The molecular weight excluding hydrogens is 316 g/mol. The molecule has 1 fully saturated rings. The van der Waals surface area contributed by atoms with Crippen LogP contribution in [-0.2, 0) is 11.4 Å². The lowest BCUT2D eigenvalue weighted by Gasteiger charge is -2.36. The molecule has 1 heterocycles. The van der Waals surface area contributed by atoms with E-state index in [1.165, 1.54) is 0 Å². The van der Waals surface area contributed by atoms with E-state index in [4.69, 9.17) is 4.74 Å². The highest BCUT2D eigenvalue weighted by Crippen LogP contribution is 2.25. The standard InChI is InChI=1S/C20H24N2O3/c1-15-13-22(12-11-21-15)19(20(23)24)17-7-9-18(10-8-17)25-14-16-5-3-2-4-6-16/h2-10,15,19,21H,11-14H2,1H3,(H,23,24). The average molecular weight is 340 g/mol. The lowest BCUT2D eigenvalue weighted by Crippen LogP contribution is -2.51. The van der Waals surface area contributed by atoms with E-state index in [0.29, 0.717) is 12.6 Å². The SMILES string of the molecule is CC1CN(C(C(=O)O)c2ccc(OCc3ccccc3)cc2)CCN1. The summed E-state index contributed by atoms with van der Waals surface area (Å²) in [6.07, 6.45) is 0. The second-order valence-electron chi connectivity index (χ2n) is 6.43. The van der Waals surface area contributed by atoms with Gasteiger partial charge in [0.2, 0.25) is 0 Å². The van der Waals surface area contributed by atoms with Crippen molar-refractivity contribution in [2.45, 2.75) is 25.6 Å². The highest BCUT2D eigenvalue weighted by Gasteiger charge is 2.30. The van der Waals surface area contributed by atoms with Crippen LogP contribution in [-0.4, -0.2) is 41.7 Å². The van der Waals surface area contributed by atoms with Gasteiger partial charge in [-0.15, -0.1) is 0 Å². The molecule has 2 unspecified atom stereocenters. The Labute approximate surface area is 148 Å². The van der Waals surface area contributed by atoms with Crippen LogP contribution < -0.4 is 10.1 Å². The van der Waals surface area contributed by atoms with Crippen LogP contribution in [0.2, 0.25) is 0 Å². The molecule has 1 saturated heterocycles. The van der Waals surface area contributed by atoms with E-state index >= 15 is 0 Å². The molecule has 0 amide bonds. The predicted octanol–water partition coefficient (Wildman–Crippen LogP) is 2.69. The van der Waals surface area contributed by atoms with E-state index in [9.17, 15) is 9.90 Å². The van der Waals surface area contributed by atoms with Crippen molar-refractivity contribution in [2.75, 3.05) is 19.6 Å². The van der Waals surface area contributed by atoms with Gasteiger partial charge in [-0.05, 0) is 30.2 Å². The number of rotatable bonds is 6. The van der Waals surface area contributed by atoms with Crippen molar-refractivity contribution in [3.63, 3.8) is 0 Å². The average Bonchev–Trinajstić information content (AvgIpc) is 2.62. The Morgan fingerprint density at radius 3 is 2.60 bits per heavy atom. The molecule has 0 aliphatic carbocycles. The van der Waals surface area contributed by atoms with Gasteiger partial charge >= 0.3 is 5.97 Å². The lowest BCUT2D eigenvalue weighted by molar-refractivity contribution is -0.144. The third kappa shape index (κ3) is 4.59. The number of aliphatic carboxylic acids is 1. The van der Waals surface area contributed by atoms with Gasteiger partial charge in [0.05, 0.1) is 0 Å². The zero-order valence-electron chi connectivity index (χ0n) is 14.4. The number of piperazine rings is 1. The first-order valence-electron chi connectivity index (χ1n) is 8.60. The lowest BCUT2D eigenvalue weighted by atomic mass is 10.0. The van der Waals surface area contributed by atoms with Gasteiger partial charge in [0, 0.05) is 25.7 Å². The molecule has 2 aromatic rings. The number of benzene rings is 2. The molecule has 3 rings (SSSR count). The van der Waals surface area contributed by atoms with Crippen LogP contribution in [0.3, 0.4) is 0 Å². The van der Waals surface area contributed by atoms with Gasteiger partial charge in [0.15, 0.2) is 0 Å². The normalized spacial score (nSPS) is 19.3. The highest BCUT2D eigenvalue weighted by molar-refractivity contribution is 5.75. The van der Waals surface area contributed by atoms with E-state index in [2.05, 4.69) is 12.2 Å². The maximum absolute atomic E-state index is 11.8. The van der Waals surface area contributed by atoms with Crippen molar-refractivity contribution in [3.8, 4) is 5.75 Å². The molecule has 0 saturated carbocycles. The smallest absolute Gasteiger partial charge is 0.325 e. The largest absolute Gasteiger partial charge is 0.489 e. The zero-order chi connectivity index (χ0) is 17.6. The molecule has 0 spiro atoms. The van der Waals surface area contributed by atoms with Crippen LogP contribution in [0, 0.1) is 0 Å². The van der Waals surface area contributed by atoms with Gasteiger partial charge in [-0.3, -0.25) is 9.69 Å². The molecule has 0 radical (unpaired) electrons. The first-order valence-corrected chi connectivity index (χ1v) is 8.60. The molecular formula is C20H24N2O3. The third-order valence-electron chi connectivity index (χ3n) is 4.44. The molecule has 5 heteroatoms.